The molecular weight excluding hydrogens is 519 g/mol. The molecule has 0 saturated carbocycles. The third-order valence-electron chi connectivity index (χ3n) is 7.37. The summed E-state index contributed by atoms with van der Waals surface area (Å²) in [5.74, 6) is 1.84. The van der Waals surface area contributed by atoms with Crippen LogP contribution in [-0.2, 0) is 5.60 Å². The summed E-state index contributed by atoms with van der Waals surface area (Å²) in [5, 5.41) is 4.81. The van der Waals surface area contributed by atoms with Crippen LogP contribution in [0, 0.1) is 0 Å². The first-order chi connectivity index (χ1) is 16.3. The minimum absolute atomic E-state index is 0.254. The molecule has 2 atom stereocenters. The molecule has 0 radical (unpaired) electrons. The van der Waals surface area contributed by atoms with Gasteiger partial charge in [-0.3, -0.25) is 0 Å². The molecule has 2 heterocycles. The second-order valence-corrected chi connectivity index (χ2v) is 10.0. The highest BCUT2D eigenvalue weighted by atomic mass is 127. The van der Waals surface area contributed by atoms with Crippen molar-refractivity contribution in [3.05, 3.63) is 119 Å². The van der Waals surface area contributed by atoms with E-state index in [0.717, 1.165) is 22.6 Å². The van der Waals surface area contributed by atoms with Crippen molar-refractivity contribution < 1.29 is 9.47 Å². The van der Waals surface area contributed by atoms with Crippen LogP contribution in [0.1, 0.15) is 28.4 Å². The van der Waals surface area contributed by atoms with Gasteiger partial charge in [0.05, 0.1) is 0 Å². The number of fused-ring (bicyclic) bond motifs is 9. The minimum Gasteiger partial charge on any atom is -0.480 e. The zero-order valence-electron chi connectivity index (χ0n) is 17.5. The number of hydrogen-bond acceptors (Lipinski definition) is 2. The number of ether oxygens (including phenoxy) is 2. The van der Waals surface area contributed by atoms with E-state index in [9.17, 15) is 0 Å². The predicted octanol–water partition coefficient (Wildman–Crippen LogP) is 8.03. The van der Waals surface area contributed by atoms with Gasteiger partial charge >= 0.3 is 0 Å². The lowest BCUT2D eigenvalue weighted by molar-refractivity contribution is 0.0240. The summed E-state index contributed by atoms with van der Waals surface area (Å²) in [4.78, 5) is 0. The van der Waals surface area contributed by atoms with Crippen molar-refractivity contribution in [2.24, 2.45) is 0 Å². The molecule has 1 aliphatic carbocycles. The van der Waals surface area contributed by atoms with Crippen molar-refractivity contribution in [1.82, 2.24) is 0 Å². The fraction of sp³-hybridized carbons (Fsp3) is 0.0667. The van der Waals surface area contributed by atoms with E-state index in [1.54, 1.807) is 0 Å². The molecule has 0 N–H and O–H groups in total. The molecule has 2 nitrogen and oxygen atoms in total. The van der Waals surface area contributed by atoms with Crippen molar-refractivity contribution in [2.45, 2.75) is 11.7 Å². The summed E-state index contributed by atoms with van der Waals surface area (Å²) < 4.78 is 15.2. The standard InChI is InChI=1S/C30H17IO2/c31-28-21-11-5-6-12-22(21)30-27(28)25-19-9-3-1-7-17(19)13-15-23(25)32-29(30)26-20-10-4-2-8-18(20)14-16-24(26)33-30/h1-16,29H/t29-,30-/m0/s1. The normalized spacial score (nSPS) is 21.7. The quantitative estimate of drug-likeness (QED) is 0.187. The van der Waals surface area contributed by atoms with Crippen LogP contribution in [0.3, 0.4) is 0 Å². The fourth-order valence-electron chi connectivity index (χ4n) is 6.05. The molecule has 5 aromatic rings. The lowest BCUT2D eigenvalue weighted by Gasteiger charge is -2.40. The Hall–Kier alpha value is -3.31. The highest BCUT2D eigenvalue weighted by Gasteiger charge is 2.62. The molecule has 0 bridgehead atoms. The number of benzene rings is 5. The SMILES string of the molecule is IC1=C2c3c(ccc4ccccc34)O[C@H]3c4c(ccc5ccccc45)O[C@@]23c2ccccc21. The molecule has 0 saturated heterocycles. The molecule has 5 aromatic carbocycles. The molecule has 3 aliphatic rings. The second kappa shape index (κ2) is 6.17. The molecular formula is C30H17IO2. The maximum atomic E-state index is 7.05. The summed E-state index contributed by atoms with van der Waals surface area (Å²) in [5.41, 5.74) is 5.25. The van der Waals surface area contributed by atoms with Gasteiger partial charge in [0.25, 0.3) is 0 Å². The van der Waals surface area contributed by atoms with Crippen LogP contribution in [0.4, 0.5) is 0 Å². The Balaban J connectivity index is 1.54. The van der Waals surface area contributed by atoms with Gasteiger partial charge in [-0.05, 0) is 61.8 Å². The van der Waals surface area contributed by atoms with E-state index in [-0.39, 0.29) is 6.10 Å². The van der Waals surface area contributed by atoms with E-state index < -0.39 is 5.60 Å². The van der Waals surface area contributed by atoms with Crippen molar-refractivity contribution in [1.29, 1.82) is 0 Å². The molecule has 8 rings (SSSR count). The summed E-state index contributed by atoms with van der Waals surface area (Å²) in [7, 11) is 0. The monoisotopic (exact) mass is 536 g/mol. The van der Waals surface area contributed by atoms with Gasteiger partial charge in [0.2, 0.25) is 5.60 Å². The summed E-state index contributed by atoms with van der Waals surface area (Å²) in [6.45, 7) is 0. The summed E-state index contributed by atoms with van der Waals surface area (Å²) >= 11 is 2.52. The minimum atomic E-state index is -0.698. The van der Waals surface area contributed by atoms with E-state index in [1.165, 1.54) is 41.8 Å². The lowest BCUT2D eigenvalue weighted by Crippen LogP contribution is -2.40. The average Bonchev–Trinajstić information content (AvgIpc) is 3.34. The maximum absolute atomic E-state index is 7.05. The second-order valence-electron chi connectivity index (χ2n) is 8.93. The van der Waals surface area contributed by atoms with Gasteiger partial charge in [-0.1, -0.05) is 84.9 Å². The predicted molar refractivity (Wildman–Crippen MR) is 141 cm³/mol. The van der Waals surface area contributed by atoms with E-state index in [2.05, 4.69) is 120 Å². The largest absolute Gasteiger partial charge is 0.480 e. The van der Waals surface area contributed by atoms with E-state index in [1.807, 2.05) is 0 Å². The molecule has 0 unspecified atom stereocenters. The Morgan fingerprint density at radius 2 is 1.33 bits per heavy atom. The van der Waals surface area contributed by atoms with Gasteiger partial charge < -0.3 is 9.47 Å². The Labute approximate surface area is 204 Å². The molecule has 156 valence electrons. The lowest BCUT2D eigenvalue weighted by atomic mass is 9.76. The maximum Gasteiger partial charge on any atom is 0.202 e. The molecule has 0 fully saturated rings. The van der Waals surface area contributed by atoms with Gasteiger partial charge in [0.1, 0.15) is 11.5 Å². The van der Waals surface area contributed by atoms with Gasteiger partial charge in [-0.2, -0.15) is 0 Å². The Morgan fingerprint density at radius 3 is 2.18 bits per heavy atom. The summed E-state index contributed by atoms with van der Waals surface area (Å²) in [6, 6.07) is 34.3. The summed E-state index contributed by atoms with van der Waals surface area (Å²) in [6.07, 6.45) is -0.254. The van der Waals surface area contributed by atoms with Crippen LogP contribution in [0.5, 0.6) is 11.5 Å². The fourth-order valence-corrected chi connectivity index (χ4v) is 7.19. The zero-order valence-corrected chi connectivity index (χ0v) is 19.7. The van der Waals surface area contributed by atoms with Crippen LogP contribution < -0.4 is 9.47 Å². The van der Waals surface area contributed by atoms with E-state index in [0.29, 0.717) is 0 Å². The topological polar surface area (TPSA) is 18.5 Å². The molecule has 0 amide bonds. The van der Waals surface area contributed by atoms with Gasteiger partial charge in [-0.25, -0.2) is 0 Å². The van der Waals surface area contributed by atoms with Crippen LogP contribution >= 0.6 is 22.6 Å². The molecule has 0 aromatic heterocycles. The van der Waals surface area contributed by atoms with Crippen LogP contribution in [0.25, 0.3) is 30.7 Å². The highest BCUT2D eigenvalue weighted by Crippen LogP contribution is 2.68. The number of rotatable bonds is 0. The Bertz CT molecular complexity index is 1700. The molecule has 3 heteroatoms. The first-order valence-electron chi connectivity index (χ1n) is 11.2. The van der Waals surface area contributed by atoms with E-state index in [4.69, 9.17) is 9.47 Å². The van der Waals surface area contributed by atoms with Gasteiger partial charge in [0, 0.05) is 25.8 Å². The number of halogens is 1. The van der Waals surface area contributed by atoms with Crippen molar-refractivity contribution >= 4 is 53.3 Å². The van der Waals surface area contributed by atoms with Crippen molar-refractivity contribution in [3.8, 4) is 11.5 Å². The van der Waals surface area contributed by atoms with Gasteiger partial charge in [-0.15, -0.1) is 0 Å². The average molecular weight is 536 g/mol. The molecule has 1 spiro atoms. The first kappa shape index (κ1) is 18.2. The Kier molecular flexibility index (Phi) is 3.40. The van der Waals surface area contributed by atoms with Crippen LogP contribution in [0.2, 0.25) is 0 Å². The van der Waals surface area contributed by atoms with Crippen molar-refractivity contribution in [2.75, 3.05) is 0 Å². The molecule has 2 aliphatic heterocycles. The highest BCUT2D eigenvalue weighted by molar-refractivity contribution is 14.1. The third kappa shape index (κ3) is 2.10. The van der Waals surface area contributed by atoms with Crippen LogP contribution in [-0.4, -0.2) is 0 Å². The van der Waals surface area contributed by atoms with E-state index >= 15 is 0 Å². The van der Waals surface area contributed by atoms with Gasteiger partial charge in [0.15, 0.2) is 6.10 Å². The first-order valence-corrected chi connectivity index (χ1v) is 12.2. The third-order valence-corrected chi connectivity index (χ3v) is 8.49. The Morgan fingerprint density at radius 1 is 0.667 bits per heavy atom. The van der Waals surface area contributed by atoms with Crippen molar-refractivity contribution in [3.63, 3.8) is 0 Å². The van der Waals surface area contributed by atoms with Crippen LogP contribution in [0.15, 0.2) is 97.1 Å². The smallest absolute Gasteiger partial charge is 0.202 e. The zero-order chi connectivity index (χ0) is 21.7. The molecule has 33 heavy (non-hydrogen) atoms. The number of hydrogen-bond donors (Lipinski definition) is 0.